The molecule has 1 atom stereocenters. The monoisotopic (exact) mass is 276 g/mol. The van der Waals surface area contributed by atoms with Gasteiger partial charge in [-0.15, -0.1) is 0 Å². The zero-order valence-electron chi connectivity index (χ0n) is 13.3. The minimum atomic E-state index is 0.435. The number of aromatic hydroxyl groups is 1. The van der Waals surface area contributed by atoms with E-state index in [0.29, 0.717) is 11.8 Å². The number of likely N-dealkylation sites (tertiary alicyclic amines) is 1. The van der Waals surface area contributed by atoms with E-state index in [2.05, 4.69) is 35.9 Å². The summed E-state index contributed by atoms with van der Waals surface area (Å²) in [6.07, 6.45) is 2.66. The van der Waals surface area contributed by atoms with Crippen LogP contribution >= 0.6 is 0 Å². The maximum Gasteiger partial charge on any atom is 0.121 e. The van der Waals surface area contributed by atoms with E-state index in [0.717, 1.165) is 30.8 Å². The Balaban J connectivity index is 1.96. The molecule has 112 valence electrons. The highest BCUT2D eigenvalue weighted by Gasteiger charge is 2.23. The summed E-state index contributed by atoms with van der Waals surface area (Å²) >= 11 is 0. The van der Waals surface area contributed by atoms with Crippen LogP contribution in [-0.2, 0) is 6.54 Å². The minimum absolute atomic E-state index is 0.435. The average Bonchev–Trinajstić information content (AvgIpc) is 2.82. The number of aryl methyl sites for hydroxylation is 2. The number of phenols is 1. The highest BCUT2D eigenvalue weighted by atomic mass is 16.3. The van der Waals surface area contributed by atoms with Gasteiger partial charge < -0.3 is 10.0 Å². The summed E-state index contributed by atoms with van der Waals surface area (Å²) in [5.41, 5.74) is 3.25. The summed E-state index contributed by atoms with van der Waals surface area (Å²) in [5.74, 6) is 0.435. The summed E-state index contributed by atoms with van der Waals surface area (Å²) < 4.78 is 0. The van der Waals surface area contributed by atoms with Gasteiger partial charge in [-0.25, -0.2) is 0 Å². The summed E-state index contributed by atoms with van der Waals surface area (Å²) in [6.45, 7) is 10.7. The van der Waals surface area contributed by atoms with Gasteiger partial charge in [-0.1, -0.05) is 19.1 Å². The molecule has 1 aliphatic rings. The SMILES string of the molecule is CCN1CCCC1CN(C)Cc1cc(C)c(O)c(C)c1. The molecule has 0 aromatic heterocycles. The Bertz CT molecular complexity index is 435. The van der Waals surface area contributed by atoms with E-state index in [9.17, 15) is 5.11 Å². The van der Waals surface area contributed by atoms with Crippen molar-refractivity contribution in [2.45, 2.75) is 46.2 Å². The number of rotatable bonds is 5. The Morgan fingerprint density at radius 1 is 1.30 bits per heavy atom. The van der Waals surface area contributed by atoms with Crippen molar-refractivity contribution in [2.75, 3.05) is 26.7 Å². The molecule has 0 radical (unpaired) electrons. The van der Waals surface area contributed by atoms with Gasteiger partial charge in [0.25, 0.3) is 0 Å². The standard InChI is InChI=1S/C17H28N2O/c1-5-19-8-6-7-16(19)12-18(4)11-15-9-13(2)17(20)14(3)10-15/h9-10,16,20H,5-8,11-12H2,1-4H3. The van der Waals surface area contributed by atoms with Crippen LogP contribution in [0.1, 0.15) is 36.5 Å². The smallest absolute Gasteiger partial charge is 0.121 e. The van der Waals surface area contributed by atoms with E-state index in [4.69, 9.17) is 0 Å². The van der Waals surface area contributed by atoms with Crippen LogP contribution in [0.5, 0.6) is 5.75 Å². The van der Waals surface area contributed by atoms with Crippen LogP contribution in [-0.4, -0.2) is 47.6 Å². The molecule has 1 heterocycles. The lowest BCUT2D eigenvalue weighted by Crippen LogP contribution is -2.38. The van der Waals surface area contributed by atoms with Gasteiger partial charge in [-0.3, -0.25) is 4.90 Å². The first-order valence-electron chi connectivity index (χ1n) is 7.73. The van der Waals surface area contributed by atoms with Crippen LogP contribution in [0.15, 0.2) is 12.1 Å². The zero-order valence-corrected chi connectivity index (χ0v) is 13.3. The summed E-state index contributed by atoms with van der Waals surface area (Å²) in [5, 5.41) is 9.84. The predicted molar refractivity (Wildman–Crippen MR) is 84.2 cm³/mol. The first-order chi connectivity index (χ1) is 9.51. The molecule has 2 rings (SSSR count). The largest absolute Gasteiger partial charge is 0.507 e. The van der Waals surface area contributed by atoms with Gasteiger partial charge in [-0.2, -0.15) is 0 Å². The number of benzene rings is 1. The number of hydrogen-bond donors (Lipinski definition) is 1. The maximum atomic E-state index is 9.84. The molecular formula is C17H28N2O. The van der Waals surface area contributed by atoms with Crippen LogP contribution in [0.3, 0.4) is 0 Å². The molecular weight excluding hydrogens is 248 g/mol. The first-order valence-corrected chi connectivity index (χ1v) is 7.73. The molecule has 0 bridgehead atoms. The van der Waals surface area contributed by atoms with Crippen molar-refractivity contribution in [3.05, 3.63) is 28.8 Å². The van der Waals surface area contributed by atoms with Crippen molar-refractivity contribution in [1.29, 1.82) is 0 Å². The molecule has 1 fully saturated rings. The Hall–Kier alpha value is -1.06. The molecule has 20 heavy (non-hydrogen) atoms. The molecule has 0 spiro atoms. The molecule has 1 aliphatic heterocycles. The fraction of sp³-hybridized carbons (Fsp3) is 0.647. The van der Waals surface area contributed by atoms with Crippen molar-refractivity contribution in [2.24, 2.45) is 0 Å². The van der Waals surface area contributed by atoms with E-state index in [1.807, 2.05) is 13.8 Å². The minimum Gasteiger partial charge on any atom is -0.507 e. The Labute approximate surface area is 123 Å². The molecule has 3 heteroatoms. The molecule has 1 aromatic rings. The molecule has 1 saturated heterocycles. The predicted octanol–water partition coefficient (Wildman–Crippen LogP) is 2.93. The van der Waals surface area contributed by atoms with Crippen LogP contribution in [0.25, 0.3) is 0 Å². The second kappa shape index (κ2) is 6.59. The lowest BCUT2D eigenvalue weighted by molar-refractivity contribution is 0.195. The number of hydrogen-bond acceptors (Lipinski definition) is 3. The van der Waals surface area contributed by atoms with Gasteiger partial charge in [0.1, 0.15) is 5.75 Å². The molecule has 1 unspecified atom stereocenters. The van der Waals surface area contributed by atoms with Crippen molar-refractivity contribution >= 4 is 0 Å². The molecule has 1 aromatic carbocycles. The molecule has 0 saturated carbocycles. The Morgan fingerprint density at radius 3 is 2.55 bits per heavy atom. The lowest BCUT2D eigenvalue weighted by Gasteiger charge is -2.28. The third-order valence-electron chi connectivity index (χ3n) is 4.43. The Kier molecular flexibility index (Phi) is 5.06. The topological polar surface area (TPSA) is 26.7 Å². The average molecular weight is 276 g/mol. The van der Waals surface area contributed by atoms with Gasteiger partial charge in [-0.05, 0) is 63.5 Å². The van der Waals surface area contributed by atoms with Gasteiger partial charge in [0.05, 0.1) is 0 Å². The van der Waals surface area contributed by atoms with E-state index in [-0.39, 0.29) is 0 Å². The van der Waals surface area contributed by atoms with Gasteiger partial charge in [0, 0.05) is 19.1 Å². The zero-order chi connectivity index (χ0) is 14.7. The third-order valence-corrected chi connectivity index (χ3v) is 4.43. The number of nitrogens with zero attached hydrogens (tertiary/aromatic N) is 2. The van der Waals surface area contributed by atoms with E-state index in [1.165, 1.54) is 24.9 Å². The lowest BCUT2D eigenvalue weighted by atomic mass is 10.1. The van der Waals surface area contributed by atoms with Gasteiger partial charge >= 0.3 is 0 Å². The van der Waals surface area contributed by atoms with Crippen molar-refractivity contribution in [3.8, 4) is 5.75 Å². The van der Waals surface area contributed by atoms with E-state index >= 15 is 0 Å². The van der Waals surface area contributed by atoms with Crippen LogP contribution in [0.4, 0.5) is 0 Å². The third kappa shape index (κ3) is 3.53. The van der Waals surface area contributed by atoms with Crippen LogP contribution < -0.4 is 0 Å². The molecule has 0 amide bonds. The normalized spacial score (nSPS) is 19.9. The summed E-state index contributed by atoms with van der Waals surface area (Å²) in [6, 6.07) is 4.92. The second-order valence-electron chi connectivity index (χ2n) is 6.20. The van der Waals surface area contributed by atoms with Crippen molar-refractivity contribution in [3.63, 3.8) is 0 Å². The quantitative estimate of drug-likeness (QED) is 0.896. The molecule has 1 N–H and O–H groups in total. The molecule has 0 aliphatic carbocycles. The first kappa shape index (κ1) is 15.3. The van der Waals surface area contributed by atoms with E-state index in [1.54, 1.807) is 0 Å². The number of likely N-dealkylation sites (N-methyl/N-ethyl adjacent to an activating group) is 2. The van der Waals surface area contributed by atoms with E-state index < -0.39 is 0 Å². The fourth-order valence-corrected chi connectivity index (χ4v) is 3.39. The summed E-state index contributed by atoms with van der Waals surface area (Å²) in [4.78, 5) is 4.99. The Morgan fingerprint density at radius 2 is 1.95 bits per heavy atom. The fourth-order valence-electron chi connectivity index (χ4n) is 3.39. The highest BCUT2D eigenvalue weighted by molar-refractivity contribution is 5.42. The maximum absolute atomic E-state index is 9.84. The van der Waals surface area contributed by atoms with Crippen LogP contribution in [0.2, 0.25) is 0 Å². The second-order valence-corrected chi connectivity index (χ2v) is 6.20. The van der Waals surface area contributed by atoms with Crippen molar-refractivity contribution in [1.82, 2.24) is 9.80 Å². The van der Waals surface area contributed by atoms with Crippen molar-refractivity contribution < 1.29 is 5.11 Å². The van der Waals surface area contributed by atoms with Gasteiger partial charge in [0.15, 0.2) is 0 Å². The summed E-state index contributed by atoms with van der Waals surface area (Å²) in [7, 11) is 2.20. The number of phenolic OH excluding ortho intramolecular Hbond substituents is 1. The van der Waals surface area contributed by atoms with Crippen LogP contribution in [0, 0.1) is 13.8 Å². The molecule has 3 nitrogen and oxygen atoms in total. The van der Waals surface area contributed by atoms with Gasteiger partial charge in [0.2, 0.25) is 0 Å². The highest BCUT2D eigenvalue weighted by Crippen LogP contribution is 2.24.